The molecule has 22 heavy (non-hydrogen) atoms. The second kappa shape index (κ2) is 5.89. The number of ether oxygens (including phenoxy) is 1. The zero-order valence-corrected chi connectivity index (χ0v) is 11.8. The van der Waals surface area contributed by atoms with E-state index >= 15 is 0 Å². The van der Waals surface area contributed by atoms with Gasteiger partial charge in [0.1, 0.15) is 11.9 Å². The highest BCUT2D eigenvalue weighted by Gasteiger charge is 2.18. The second-order valence-corrected chi connectivity index (χ2v) is 5.04. The molecule has 0 fully saturated rings. The van der Waals surface area contributed by atoms with Crippen molar-refractivity contribution in [2.45, 2.75) is 12.5 Å². The number of rotatable bonds is 4. The average molecular weight is 298 g/mol. The van der Waals surface area contributed by atoms with Crippen molar-refractivity contribution in [1.29, 1.82) is 0 Å². The number of nitrogens with two attached hydrogens (primary N) is 1. The Morgan fingerprint density at radius 1 is 1.23 bits per heavy atom. The Morgan fingerprint density at radius 3 is 2.82 bits per heavy atom. The van der Waals surface area contributed by atoms with Gasteiger partial charge in [0, 0.05) is 23.5 Å². The molecule has 0 spiro atoms. The Balaban J connectivity index is 1.94. The predicted molar refractivity (Wildman–Crippen MR) is 81.8 cm³/mol. The fourth-order valence-electron chi connectivity index (χ4n) is 2.57. The minimum absolute atomic E-state index is 0.380. The van der Waals surface area contributed by atoms with Gasteiger partial charge in [-0.1, -0.05) is 30.3 Å². The van der Waals surface area contributed by atoms with Crippen LogP contribution in [0.15, 0.2) is 54.7 Å². The molecule has 1 atom stereocenters. The number of para-hydroxylation sites is 1. The van der Waals surface area contributed by atoms with Gasteiger partial charge in [0.15, 0.2) is 0 Å². The van der Waals surface area contributed by atoms with Crippen molar-refractivity contribution < 1.29 is 13.9 Å². The summed E-state index contributed by atoms with van der Waals surface area (Å²) in [7, 11) is 0. The van der Waals surface area contributed by atoms with Crippen molar-refractivity contribution in [1.82, 2.24) is 4.98 Å². The lowest BCUT2D eigenvalue weighted by Gasteiger charge is -2.17. The summed E-state index contributed by atoms with van der Waals surface area (Å²) < 4.78 is 18.6. The Labute approximate surface area is 126 Å². The van der Waals surface area contributed by atoms with E-state index < -0.39 is 12.2 Å². The molecule has 3 rings (SSSR count). The first kappa shape index (κ1) is 14.1. The van der Waals surface area contributed by atoms with E-state index in [1.54, 1.807) is 12.1 Å². The maximum Gasteiger partial charge on any atom is 0.405 e. The number of primary amides is 1. The molecule has 0 aliphatic carbocycles. The second-order valence-electron chi connectivity index (χ2n) is 5.04. The summed E-state index contributed by atoms with van der Waals surface area (Å²) in [4.78, 5) is 14.3. The number of hydrogen-bond donors (Lipinski definition) is 2. The molecule has 0 saturated heterocycles. The fourth-order valence-corrected chi connectivity index (χ4v) is 2.57. The Bertz CT molecular complexity index is 813. The third-order valence-electron chi connectivity index (χ3n) is 3.56. The number of H-pyrrole nitrogens is 1. The molecule has 0 saturated carbocycles. The molecule has 0 aliphatic rings. The van der Waals surface area contributed by atoms with Crippen LogP contribution in [0.5, 0.6) is 0 Å². The molecule has 2 aromatic carbocycles. The summed E-state index contributed by atoms with van der Waals surface area (Å²) in [5.41, 5.74) is 7.69. The number of fused-ring (bicyclic) bond motifs is 1. The molecule has 3 N–H and O–H groups in total. The van der Waals surface area contributed by atoms with Crippen molar-refractivity contribution in [2.75, 3.05) is 0 Å². The first-order valence-electron chi connectivity index (χ1n) is 6.90. The van der Waals surface area contributed by atoms with Crippen LogP contribution in [0.3, 0.4) is 0 Å². The third kappa shape index (κ3) is 2.93. The maximum absolute atomic E-state index is 13.4. The van der Waals surface area contributed by atoms with Gasteiger partial charge in [0.25, 0.3) is 0 Å². The molecular weight excluding hydrogens is 283 g/mol. The first-order chi connectivity index (χ1) is 10.6. The van der Waals surface area contributed by atoms with E-state index in [1.165, 1.54) is 12.1 Å². The van der Waals surface area contributed by atoms with Crippen LogP contribution in [0.1, 0.15) is 17.2 Å². The molecule has 0 bridgehead atoms. The summed E-state index contributed by atoms with van der Waals surface area (Å²) in [5, 5.41) is 1.04. The van der Waals surface area contributed by atoms with Gasteiger partial charge in [0.05, 0.1) is 0 Å². The molecule has 3 aromatic rings. The topological polar surface area (TPSA) is 68.1 Å². The molecule has 0 radical (unpaired) electrons. The molecule has 4 nitrogen and oxygen atoms in total. The number of amides is 1. The van der Waals surface area contributed by atoms with Gasteiger partial charge in [-0.2, -0.15) is 0 Å². The third-order valence-corrected chi connectivity index (χ3v) is 3.56. The van der Waals surface area contributed by atoms with Crippen LogP contribution >= 0.6 is 0 Å². The van der Waals surface area contributed by atoms with Gasteiger partial charge >= 0.3 is 6.09 Å². The lowest BCUT2D eigenvalue weighted by atomic mass is 10.0. The van der Waals surface area contributed by atoms with E-state index in [4.69, 9.17) is 10.5 Å². The highest BCUT2D eigenvalue weighted by molar-refractivity contribution is 5.83. The van der Waals surface area contributed by atoms with Crippen LogP contribution in [0.25, 0.3) is 10.9 Å². The van der Waals surface area contributed by atoms with Crippen molar-refractivity contribution in [3.05, 3.63) is 71.7 Å². The van der Waals surface area contributed by atoms with E-state index in [1.807, 2.05) is 30.5 Å². The van der Waals surface area contributed by atoms with E-state index in [-0.39, 0.29) is 5.82 Å². The first-order valence-corrected chi connectivity index (χ1v) is 6.90. The largest absolute Gasteiger partial charge is 0.441 e. The number of halogens is 1. The summed E-state index contributed by atoms with van der Waals surface area (Å²) in [6.45, 7) is 0. The number of carbonyl (C=O) groups is 1. The van der Waals surface area contributed by atoms with Gasteiger partial charge in [0.2, 0.25) is 0 Å². The molecule has 112 valence electrons. The summed E-state index contributed by atoms with van der Waals surface area (Å²) >= 11 is 0. The average Bonchev–Trinajstić information content (AvgIpc) is 2.89. The number of benzene rings is 2. The van der Waals surface area contributed by atoms with Crippen LogP contribution in [0.2, 0.25) is 0 Å². The van der Waals surface area contributed by atoms with E-state index in [2.05, 4.69) is 4.98 Å². The van der Waals surface area contributed by atoms with Crippen LogP contribution in [0, 0.1) is 5.82 Å². The van der Waals surface area contributed by atoms with Crippen LogP contribution in [0.4, 0.5) is 9.18 Å². The molecule has 1 heterocycles. The van der Waals surface area contributed by atoms with Gasteiger partial charge in [-0.3, -0.25) is 0 Å². The number of aromatic amines is 1. The van der Waals surface area contributed by atoms with Crippen LogP contribution in [-0.4, -0.2) is 11.1 Å². The predicted octanol–water partition coefficient (Wildman–Crippen LogP) is 3.69. The van der Waals surface area contributed by atoms with Gasteiger partial charge in [-0.05, 0) is 29.3 Å². The van der Waals surface area contributed by atoms with E-state index in [0.717, 1.165) is 16.5 Å². The quantitative estimate of drug-likeness (QED) is 0.771. The standard InChI is InChI=1S/C17H15FN2O2/c18-13-5-3-4-11(8-13)16(22-17(19)21)9-12-10-20-15-7-2-1-6-14(12)15/h1-8,10,16,20H,9H2,(H2,19,21)/t16-/m1/s1. The number of carbonyl (C=O) groups excluding carboxylic acids is 1. The van der Waals surface area contributed by atoms with Gasteiger partial charge < -0.3 is 15.5 Å². The maximum atomic E-state index is 13.4. The van der Waals surface area contributed by atoms with Crippen molar-refractivity contribution in [3.8, 4) is 0 Å². The number of hydrogen-bond acceptors (Lipinski definition) is 2. The smallest absolute Gasteiger partial charge is 0.405 e. The minimum atomic E-state index is -0.880. The number of nitrogens with one attached hydrogen (secondary N) is 1. The molecule has 5 heteroatoms. The molecule has 0 aliphatic heterocycles. The Morgan fingerprint density at radius 2 is 2.05 bits per heavy atom. The monoisotopic (exact) mass is 298 g/mol. The highest BCUT2D eigenvalue weighted by Crippen LogP contribution is 2.27. The lowest BCUT2D eigenvalue weighted by molar-refractivity contribution is 0.106. The van der Waals surface area contributed by atoms with Crippen molar-refractivity contribution >= 4 is 17.0 Å². The van der Waals surface area contributed by atoms with Crippen molar-refractivity contribution in [3.63, 3.8) is 0 Å². The van der Waals surface area contributed by atoms with Crippen molar-refractivity contribution in [2.24, 2.45) is 5.73 Å². The fraction of sp³-hybridized carbons (Fsp3) is 0.118. The zero-order valence-electron chi connectivity index (χ0n) is 11.8. The highest BCUT2D eigenvalue weighted by atomic mass is 19.1. The normalized spacial score (nSPS) is 12.2. The number of aromatic nitrogens is 1. The lowest BCUT2D eigenvalue weighted by Crippen LogP contribution is -2.19. The SMILES string of the molecule is NC(=O)O[C@H](Cc1c[nH]c2ccccc12)c1cccc(F)c1. The molecular formula is C17H15FN2O2. The van der Waals surface area contributed by atoms with Gasteiger partial charge in [-0.15, -0.1) is 0 Å². The zero-order chi connectivity index (χ0) is 15.5. The van der Waals surface area contributed by atoms with E-state index in [9.17, 15) is 9.18 Å². The Hall–Kier alpha value is -2.82. The summed E-state index contributed by atoms with van der Waals surface area (Å²) in [5.74, 6) is -0.380. The molecule has 0 unspecified atom stereocenters. The molecule has 1 amide bonds. The van der Waals surface area contributed by atoms with Gasteiger partial charge in [-0.25, -0.2) is 9.18 Å². The van der Waals surface area contributed by atoms with E-state index in [0.29, 0.717) is 12.0 Å². The summed E-state index contributed by atoms with van der Waals surface area (Å²) in [6.07, 6.45) is 0.763. The van der Waals surface area contributed by atoms with Crippen LogP contribution in [-0.2, 0) is 11.2 Å². The Kier molecular flexibility index (Phi) is 3.78. The molecule has 1 aromatic heterocycles. The van der Waals surface area contributed by atoms with Crippen LogP contribution < -0.4 is 5.73 Å². The minimum Gasteiger partial charge on any atom is -0.441 e. The summed E-state index contributed by atoms with van der Waals surface area (Å²) in [6, 6.07) is 13.8.